The van der Waals surface area contributed by atoms with Crippen LogP contribution in [0, 0.1) is 0 Å². The van der Waals surface area contributed by atoms with Gasteiger partial charge in [0.2, 0.25) is 0 Å². The van der Waals surface area contributed by atoms with Gasteiger partial charge in [-0.2, -0.15) is 0 Å². The molecule has 106 valence electrons. The highest BCUT2D eigenvalue weighted by Gasteiger charge is 2.06. The first-order chi connectivity index (χ1) is 9.75. The summed E-state index contributed by atoms with van der Waals surface area (Å²) in [7, 11) is 0. The number of carbonyl (C=O) groups excluding carboxylic acids is 1. The molecule has 2 aromatic heterocycles. The van der Waals surface area contributed by atoms with Crippen molar-refractivity contribution in [2.45, 2.75) is 13.0 Å². The van der Waals surface area contributed by atoms with Crippen LogP contribution in [0.3, 0.4) is 0 Å². The normalized spacial score (nSPS) is 10.4. The maximum absolute atomic E-state index is 11.7. The van der Waals surface area contributed by atoms with Gasteiger partial charge < -0.3 is 14.5 Å². The largest absolute Gasteiger partial charge is 0.467 e. The third-order valence-corrected chi connectivity index (χ3v) is 2.73. The summed E-state index contributed by atoms with van der Waals surface area (Å²) >= 11 is 5.72. The van der Waals surface area contributed by atoms with Crippen molar-refractivity contribution in [2.75, 3.05) is 13.2 Å². The van der Waals surface area contributed by atoms with Gasteiger partial charge in [-0.25, -0.2) is 4.98 Å². The van der Waals surface area contributed by atoms with Gasteiger partial charge in [0.05, 0.1) is 6.26 Å². The summed E-state index contributed by atoms with van der Waals surface area (Å²) in [6.07, 6.45) is 2.32. The monoisotopic (exact) mass is 294 g/mol. The van der Waals surface area contributed by atoms with Gasteiger partial charge >= 0.3 is 0 Å². The molecule has 0 atom stereocenters. The molecule has 1 amide bonds. The average Bonchev–Trinajstić information content (AvgIpc) is 2.95. The van der Waals surface area contributed by atoms with Crippen LogP contribution in [0.2, 0.25) is 5.15 Å². The topological polar surface area (TPSA) is 64.4 Å². The van der Waals surface area contributed by atoms with Gasteiger partial charge in [0.25, 0.3) is 5.91 Å². The predicted octanol–water partition coefficient (Wildman–Crippen LogP) is 2.66. The number of amides is 1. The van der Waals surface area contributed by atoms with Crippen molar-refractivity contribution in [2.24, 2.45) is 0 Å². The number of nitrogens with zero attached hydrogens (tertiary/aromatic N) is 1. The highest BCUT2D eigenvalue weighted by molar-refractivity contribution is 6.29. The van der Waals surface area contributed by atoms with E-state index < -0.39 is 0 Å². The van der Waals surface area contributed by atoms with Gasteiger partial charge in [0.15, 0.2) is 0 Å². The Labute approximate surface area is 121 Å². The fourth-order valence-corrected chi connectivity index (χ4v) is 1.73. The van der Waals surface area contributed by atoms with Crippen molar-refractivity contribution in [3.05, 3.63) is 53.2 Å². The molecule has 20 heavy (non-hydrogen) atoms. The molecule has 6 heteroatoms. The van der Waals surface area contributed by atoms with Crippen molar-refractivity contribution in [1.82, 2.24) is 10.3 Å². The summed E-state index contributed by atoms with van der Waals surface area (Å²) in [6.45, 7) is 1.51. The molecular formula is C14H15ClN2O3. The van der Waals surface area contributed by atoms with Gasteiger partial charge in [0, 0.05) is 13.2 Å². The van der Waals surface area contributed by atoms with Crippen LogP contribution in [0.1, 0.15) is 22.7 Å². The van der Waals surface area contributed by atoms with E-state index in [0.29, 0.717) is 37.0 Å². The Morgan fingerprint density at radius 2 is 2.25 bits per heavy atom. The predicted molar refractivity (Wildman–Crippen MR) is 74.6 cm³/mol. The van der Waals surface area contributed by atoms with Crippen LogP contribution in [0.15, 0.2) is 41.0 Å². The molecule has 5 nitrogen and oxygen atoms in total. The highest BCUT2D eigenvalue weighted by Crippen LogP contribution is 2.05. The number of carbonyl (C=O) groups is 1. The SMILES string of the molecule is O=C(NCCCOCc1ccco1)c1cccc(Cl)n1. The van der Waals surface area contributed by atoms with Crippen molar-refractivity contribution < 1.29 is 13.9 Å². The van der Waals surface area contributed by atoms with E-state index in [1.165, 1.54) is 0 Å². The van der Waals surface area contributed by atoms with Gasteiger partial charge in [-0.3, -0.25) is 4.79 Å². The number of ether oxygens (including phenoxy) is 1. The standard InChI is InChI=1S/C14H15ClN2O3/c15-13-6-1-5-12(17-13)14(18)16-7-3-8-19-10-11-4-2-9-20-11/h1-2,4-6,9H,3,7-8,10H2,(H,16,18). The Morgan fingerprint density at radius 3 is 3.00 bits per heavy atom. The summed E-state index contributed by atoms with van der Waals surface area (Å²) in [6, 6.07) is 8.61. The number of rotatable bonds is 7. The summed E-state index contributed by atoms with van der Waals surface area (Å²) in [5.74, 6) is 0.552. The summed E-state index contributed by atoms with van der Waals surface area (Å²) in [4.78, 5) is 15.7. The minimum Gasteiger partial charge on any atom is -0.467 e. The first-order valence-electron chi connectivity index (χ1n) is 6.26. The number of nitrogens with one attached hydrogen (secondary N) is 1. The smallest absolute Gasteiger partial charge is 0.269 e. The maximum Gasteiger partial charge on any atom is 0.269 e. The molecule has 0 aliphatic heterocycles. The lowest BCUT2D eigenvalue weighted by Gasteiger charge is -2.05. The second-order valence-corrected chi connectivity index (χ2v) is 4.47. The van der Waals surface area contributed by atoms with Crippen LogP contribution in [-0.2, 0) is 11.3 Å². The van der Waals surface area contributed by atoms with Crippen molar-refractivity contribution in [1.29, 1.82) is 0 Å². The third-order valence-electron chi connectivity index (χ3n) is 2.52. The van der Waals surface area contributed by atoms with Crippen molar-refractivity contribution in [3.8, 4) is 0 Å². The van der Waals surface area contributed by atoms with Gasteiger partial charge in [-0.15, -0.1) is 0 Å². The molecule has 2 rings (SSSR count). The highest BCUT2D eigenvalue weighted by atomic mass is 35.5. The maximum atomic E-state index is 11.7. The number of furan rings is 1. The van der Waals surface area contributed by atoms with Crippen LogP contribution >= 0.6 is 11.6 Å². The quantitative estimate of drug-likeness (QED) is 0.630. The van der Waals surface area contributed by atoms with Gasteiger partial charge in [-0.05, 0) is 30.7 Å². The first-order valence-corrected chi connectivity index (χ1v) is 6.64. The minimum atomic E-state index is -0.237. The Hall–Kier alpha value is -1.85. The fourth-order valence-electron chi connectivity index (χ4n) is 1.57. The first kappa shape index (κ1) is 14.6. The zero-order valence-corrected chi connectivity index (χ0v) is 11.6. The van der Waals surface area contributed by atoms with E-state index in [0.717, 1.165) is 5.76 Å². The molecular weight excluding hydrogens is 280 g/mol. The van der Waals surface area contributed by atoms with E-state index >= 15 is 0 Å². The lowest BCUT2D eigenvalue weighted by atomic mass is 10.3. The van der Waals surface area contributed by atoms with E-state index in [2.05, 4.69) is 10.3 Å². The van der Waals surface area contributed by atoms with Gasteiger partial charge in [0.1, 0.15) is 23.2 Å². The van der Waals surface area contributed by atoms with E-state index in [1.807, 2.05) is 12.1 Å². The molecule has 0 aliphatic rings. The number of halogens is 1. The van der Waals surface area contributed by atoms with E-state index in [4.69, 9.17) is 20.8 Å². The van der Waals surface area contributed by atoms with Crippen LogP contribution in [0.25, 0.3) is 0 Å². The Bertz CT molecular complexity index is 543. The summed E-state index contributed by atoms with van der Waals surface area (Å²) < 4.78 is 10.5. The summed E-state index contributed by atoms with van der Waals surface area (Å²) in [5, 5.41) is 3.06. The summed E-state index contributed by atoms with van der Waals surface area (Å²) in [5.41, 5.74) is 0.314. The number of aromatic nitrogens is 1. The number of pyridine rings is 1. The molecule has 0 aromatic carbocycles. The van der Waals surface area contributed by atoms with Crippen LogP contribution < -0.4 is 5.32 Å². The molecule has 0 saturated heterocycles. The molecule has 0 fully saturated rings. The molecule has 0 spiro atoms. The average molecular weight is 295 g/mol. The molecule has 2 heterocycles. The second-order valence-electron chi connectivity index (χ2n) is 4.09. The Morgan fingerprint density at radius 1 is 1.35 bits per heavy atom. The molecule has 0 saturated carbocycles. The van der Waals surface area contributed by atoms with Crippen molar-refractivity contribution in [3.63, 3.8) is 0 Å². The van der Waals surface area contributed by atoms with Crippen LogP contribution in [-0.4, -0.2) is 24.0 Å². The number of hydrogen-bond acceptors (Lipinski definition) is 4. The third kappa shape index (κ3) is 4.68. The molecule has 1 N–H and O–H groups in total. The molecule has 2 aromatic rings. The van der Waals surface area contributed by atoms with Crippen LogP contribution in [0.5, 0.6) is 0 Å². The molecule has 0 aliphatic carbocycles. The molecule has 0 radical (unpaired) electrons. The number of hydrogen-bond donors (Lipinski definition) is 1. The lowest BCUT2D eigenvalue weighted by molar-refractivity contribution is 0.0913. The minimum absolute atomic E-state index is 0.237. The second kappa shape index (κ2) is 7.67. The van der Waals surface area contributed by atoms with E-state index in [-0.39, 0.29) is 5.91 Å². The van der Waals surface area contributed by atoms with Crippen molar-refractivity contribution >= 4 is 17.5 Å². The van der Waals surface area contributed by atoms with E-state index in [1.54, 1.807) is 24.5 Å². The zero-order chi connectivity index (χ0) is 14.2. The zero-order valence-electron chi connectivity index (χ0n) is 10.8. The molecule has 0 bridgehead atoms. The Balaban J connectivity index is 1.60. The fraction of sp³-hybridized carbons (Fsp3) is 0.286. The van der Waals surface area contributed by atoms with Crippen LogP contribution in [0.4, 0.5) is 0 Å². The molecule has 0 unspecified atom stereocenters. The lowest BCUT2D eigenvalue weighted by Crippen LogP contribution is -2.26. The van der Waals surface area contributed by atoms with Gasteiger partial charge in [-0.1, -0.05) is 17.7 Å². The Kier molecular flexibility index (Phi) is 5.58. The van der Waals surface area contributed by atoms with E-state index in [9.17, 15) is 4.79 Å².